The first-order valence-corrected chi connectivity index (χ1v) is 3.93. The maximum Gasteiger partial charge on any atom is 0.145 e. The Morgan fingerprint density at radius 1 is 1.56 bits per heavy atom. The highest BCUT2D eigenvalue weighted by molar-refractivity contribution is 8.01. The number of rotatable bonds is 4. The van der Waals surface area contributed by atoms with Gasteiger partial charge in [0.25, 0.3) is 0 Å². The van der Waals surface area contributed by atoms with Crippen LogP contribution in [-0.4, -0.2) is 10.4 Å². The number of carbonyl (C=O) groups is 1. The summed E-state index contributed by atoms with van der Waals surface area (Å²) in [5, 5.41) is 0. The van der Waals surface area contributed by atoms with E-state index in [9.17, 15) is 4.79 Å². The second-order valence-corrected chi connectivity index (χ2v) is 4.05. The van der Waals surface area contributed by atoms with Crippen molar-refractivity contribution in [1.82, 2.24) is 0 Å². The van der Waals surface area contributed by atoms with Crippen LogP contribution in [0.5, 0.6) is 0 Å². The number of hydrogen-bond acceptors (Lipinski definition) is 3. The maximum absolute atomic E-state index is 10.2. The second kappa shape index (κ2) is 4.23. The van der Waals surface area contributed by atoms with Crippen LogP contribution < -0.4 is 0 Å². The summed E-state index contributed by atoms with van der Waals surface area (Å²) in [5.41, 5.74) is 0. The third-order valence-electron chi connectivity index (χ3n) is 1.09. The zero-order chi connectivity index (χ0) is 7.33. The van der Waals surface area contributed by atoms with Gasteiger partial charge in [-0.25, -0.2) is 0 Å². The van der Waals surface area contributed by atoms with E-state index in [0.29, 0.717) is 0 Å². The number of unbranched alkanes of at least 4 members (excludes halogenated alkanes) is 1. The van der Waals surface area contributed by atoms with E-state index >= 15 is 0 Å². The highest BCUT2D eigenvalue weighted by Gasteiger charge is 2.16. The molecule has 9 heavy (non-hydrogen) atoms. The standard InChI is InChI=1S/C6H12OS2/c1-2-3-4-6(8,9)5-7/h5,8-9H,2-4H2,1H3. The van der Waals surface area contributed by atoms with E-state index in [4.69, 9.17) is 0 Å². The molecular weight excluding hydrogens is 152 g/mol. The number of thiol groups is 2. The lowest BCUT2D eigenvalue weighted by atomic mass is 10.2. The van der Waals surface area contributed by atoms with Crippen molar-refractivity contribution in [1.29, 1.82) is 0 Å². The molecule has 0 spiro atoms. The third kappa shape index (κ3) is 4.85. The molecule has 0 aliphatic heterocycles. The predicted octanol–water partition coefficient (Wildman–Crippen LogP) is 1.93. The molecule has 0 aromatic heterocycles. The van der Waals surface area contributed by atoms with Crippen LogP contribution in [-0.2, 0) is 4.79 Å². The lowest BCUT2D eigenvalue weighted by Gasteiger charge is -2.12. The van der Waals surface area contributed by atoms with E-state index in [1.54, 1.807) is 0 Å². The van der Waals surface area contributed by atoms with Crippen molar-refractivity contribution in [3.63, 3.8) is 0 Å². The van der Waals surface area contributed by atoms with Gasteiger partial charge in [-0.2, -0.15) is 25.3 Å². The topological polar surface area (TPSA) is 17.1 Å². The molecule has 0 unspecified atom stereocenters. The molecule has 1 nitrogen and oxygen atoms in total. The zero-order valence-electron chi connectivity index (χ0n) is 5.50. The first-order chi connectivity index (χ1) is 4.12. The predicted molar refractivity (Wildman–Crippen MR) is 46.3 cm³/mol. The molecule has 0 heterocycles. The first kappa shape index (κ1) is 9.37. The fourth-order valence-electron chi connectivity index (χ4n) is 0.496. The van der Waals surface area contributed by atoms with Gasteiger partial charge < -0.3 is 4.79 Å². The Labute approximate surface area is 67.0 Å². The van der Waals surface area contributed by atoms with Crippen LogP contribution in [0, 0.1) is 0 Å². The summed E-state index contributed by atoms with van der Waals surface area (Å²) in [6.45, 7) is 2.07. The van der Waals surface area contributed by atoms with Gasteiger partial charge in [0.1, 0.15) is 10.4 Å². The van der Waals surface area contributed by atoms with Crippen LogP contribution in [0.3, 0.4) is 0 Å². The van der Waals surface area contributed by atoms with Crippen molar-refractivity contribution in [2.75, 3.05) is 0 Å². The monoisotopic (exact) mass is 164 g/mol. The van der Waals surface area contributed by atoms with Gasteiger partial charge >= 0.3 is 0 Å². The van der Waals surface area contributed by atoms with Gasteiger partial charge in [-0.15, -0.1) is 0 Å². The molecule has 3 heteroatoms. The van der Waals surface area contributed by atoms with Crippen LogP contribution in [0.4, 0.5) is 0 Å². The van der Waals surface area contributed by atoms with Crippen molar-refractivity contribution in [2.45, 2.75) is 30.3 Å². The highest BCUT2D eigenvalue weighted by Crippen LogP contribution is 2.23. The Balaban J connectivity index is 3.45. The molecule has 0 aromatic carbocycles. The normalized spacial score (nSPS) is 11.4. The molecule has 0 bridgehead atoms. The van der Waals surface area contributed by atoms with E-state index < -0.39 is 4.08 Å². The summed E-state index contributed by atoms with van der Waals surface area (Å²) < 4.78 is -0.698. The Morgan fingerprint density at radius 3 is 2.44 bits per heavy atom. The number of aldehydes is 1. The minimum atomic E-state index is -0.698. The zero-order valence-corrected chi connectivity index (χ0v) is 7.29. The van der Waals surface area contributed by atoms with Crippen molar-refractivity contribution in [3.05, 3.63) is 0 Å². The summed E-state index contributed by atoms with van der Waals surface area (Å²) in [4.78, 5) is 10.2. The smallest absolute Gasteiger partial charge is 0.145 e. The molecule has 0 fully saturated rings. The molecule has 0 rings (SSSR count). The van der Waals surface area contributed by atoms with Crippen molar-refractivity contribution in [2.24, 2.45) is 0 Å². The number of hydrogen-bond donors (Lipinski definition) is 2. The molecule has 0 aliphatic rings. The summed E-state index contributed by atoms with van der Waals surface area (Å²) in [5.74, 6) is 0. The van der Waals surface area contributed by atoms with E-state index in [-0.39, 0.29) is 0 Å². The van der Waals surface area contributed by atoms with Crippen LogP contribution in [0.25, 0.3) is 0 Å². The van der Waals surface area contributed by atoms with Gasteiger partial charge in [-0.3, -0.25) is 0 Å². The molecule has 0 saturated heterocycles. The van der Waals surface area contributed by atoms with E-state index in [2.05, 4.69) is 32.2 Å². The molecule has 0 amide bonds. The summed E-state index contributed by atoms with van der Waals surface area (Å²) in [7, 11) is 0. The number of carbonyl (C=O) groups excluding carboxylic acids is 1. The second-order valence-electron chi connectivity index (χ2n) is 2.10. The lowest BCUT2D eigenvalue weighted by Crippen LogP contribution is -2.13. The average molecular weight is 164 g/mol. The molecule has 0 N–H and O–H groups in total. The fraction of sp³-hybridized carbons (Fsp3) is 0.833. The van der Waals surface area contributed by atoms with Gasteiger partial charge in [-0.05, 0) is 6.42 Å². The molecule has 54 valence electrons. The Hall–Kier alpha value is 0.370. The third-order valence-corrected chi connectivity index (χ3v) is 1.75. The Bertz CT molecular complexity index is 91.1. The van der Waals surface area contributed by atoms with E-state index in [1.165, 1.54) is 0 Å². The van der Waals surface area contributed by atoms with Crippen LogP contribution >= 0.6 is 25.3 Å². The van der Waals surface area contributed by atoms with Gasteiger partial charge in [0.2, 0.25) is 0 Å². The van der Waals surface area contributed by atoms with E-state index in [1.807, 2.05) is 0 Å². The first-order valence-electron chi connectivity index (χ1n) is 3.03. The van der Waals surface area contributed by atoms with Crippen LogP contribution in [0.2, 0.25) is 0 Å². The Morgan fingerprint density at radius 2 is 2.11 bits per heavy atom. The van der Waals surface area contributed by atoms with Crippen LogP contribution in [0.1, 0.15) is 26.2 Å². The molecule has 0 aliphatic carbocycles. The van der Waals surface area contributed by atoms with E-state index in [0.717, 1.165) is 25.5 Å². The highest BCUT2D eigenvalue weighted by atomic mass is 32.2. The maximum atomic E-state index is 10.2. The molecule has 0 radical (unpaired) electrons. The lowest BCUT2D eigenvalue weighted by molar-refractivity contribution is -0.108. The minimum Gasteiger partial charge on any atom is -0.301 e. The fourth-order valence-corrected chi connectivity index (χ4v) is 0.812. The van der Waals surface area contributed by atoms with Gasteiger partial charge in [-0.1, -0.05) is 19.8 Å². The van der Waals surface area contributed by atoms with Gasteiger partial charge in [0.15, 0.2) is 0 Å². The molecule has 0 saturated carbocycles. The molecule has 0 atom stereocenters. The quantitative estimate of drug-likeness (QED) is 0.369. The minimum absolute atomic E-state index is 0.698. The van der Waals surface area contributed by atoms with Gasteiger partial charge in [0, 0.05) is 0 Å². The summed E-state index contributed by atoms with van der Waals surface area (Å²) in [6.07, 6.45) is 3.61. The molecular formula is C6H12OS2. The van der Waals surface area contributed by atoms with Gasteiger partial charge in [0.05, 0.1) is 0 Å². The summed E-state index contributed by atoms with van der Waals surface area (Å²) >= 11 is 8.03. The summed E-state index contributed by atoms with van der Waals surface area (Å²) in [6, 6.07) is 0. The molecule has 0 aromatic rings. The van der Waals surface area contributed by atoms with Crippen molar-refractivity contribution in [3.8, 4) is 0 Å². The largest absolute Gasteiger partial charge is 0.301 e. The van der Waals surface area contributed by atoms with Crippen molar-refractivity contribution < 1.29 is 4.79 Å². The van der Waals surface area contributed by atoms with Crippen LogP contribution in [0.15, 0.2) is 0 Å². The average Bonchev–Trinajstić information content (AvgIpc) is 1.84. The van der Waals surface area contributed by atoms with Crippen molar-refractivity contribution >= 4 is 31.5 Å². The SMILES string of the molecule is CCCCC(S)(S)C=O. The Kier molecular flexibility index (Phi) is 4.40.